The average molecular weight is 427 g/mol. The number of amides is 1. The molecule has 0 radical (unpaired) electrons. The van der Waals surface area contributed by atoms with E-state index in [4.69, 9.17) is 16.4 Å². The number of piperazine rings is 1. The van der Waals surface area contributed by atoms with Crippen LogP contribution >= 0.6 is 11.6 Å². The van der Waals surface area contributed by atoms with Crippen molar-refractivity contribution in [3.8, 4) is 0 Å². The van der Waals surface area contributed by atoms with E-state index in [0.29, 0.717) is 34.6 Å². The number of nitrogens with zero attached hydrogens (tertiary/aromatic N) is 2. The molecule has 8 heteroatoms. The van der Waals surface area contributed by atoms with Crippen LogP contribution in [0.3, 0.4) is 0 Å². The fraction of sp³-hybridized carbons (Fsp3) is 0.273. The summed E-state index contributed by atoms with van der Waals surface area (Å²) in [6, 6.07) is 13.8. The molecule has 2 N–H and O–H groups in total. The molecule has 2 aromatic carbocycles. The Labute approximate surface area is 179 Å². The Morgan fingerprint density at radius 1 is 1.13 bits per heavy atom. The number of aromatic amines is 1. The number of rotatable bonds is 4. The minimum Gasteiger partial charge on any atom is -0.361 e. The lowest BCUT2D eigenvalue weighted by Crippen LogP contribution is -2.47. The van der Waals surface area contributed by atoms with Crippen LogP contribution < -0.4 is 10.7 Å². The largest absolute Gasteiger partial charge is 0.427 e. The Morgan fingerprint density at radius 3 is 2.60 bits per heavy atom. The molecule has 1 aliphatic heterocycles. The number of likely N-dealkylation sites (N-methyl/N-ethyl adjacent to an activating group) is 1. The van der Waals surface area contributed by atoms with Crippen LogP contribution in [0.5, 0.6) is 0 Å². The standard InChI is InChI=1S/C22H23ClN4O3/c1-26-9-11-27(12-10-26)30-22(29)25-20(15-5-3-2-4-6-15)18-14-24-19-13-16(23)7-8-17(19)21(18)28/h2-8,13-14,20H,9-12H2,1H3,(H,24,28)(H,25,29). The Kier molecular flexibility index (Phi) is 6.03. The Hall–Kier alpha value is -2.87. The van der Waals surface area contributed by atoms with Gasteiger partial charge in [-0.15, -0.1) is 5.06 Å². The van der Waals surface area contributed by atoms with Gasteiger partial charge in [-0.2, -0.15) is 0 Å². The third-order valence-corrected chi connectivity index (χ3v) is 5.49. The van der Waals surface area contributed by atoms with Crippen molar-refractivity contribution in [3.05, 3.63) is 81.1 Å². The fourth-order valence-corrected chi connectivity index (χ4v) is 3.72. The lowest BCUT2D eigenvalue weighted by molar-refractivity contribution is -0.121. The second-order valence-electron chi connectivity index (χ2n) is 7.36. The number of hydrogen-bond acceptors (Lipinski definition) is 5. The number of fused-ring (bicyclic) bond motifs is 1. The van der Waals surface area contributed by atoms with Gasteiger partial charge in [0.2, 0.25) is 0 Å². The van der Waals surface area contributed by atoms with E-state index in [0.717, 1.165) is 18.7 Å². The average Bonchev–Trinajstić information content (AvgIpc) is 2.75. The van der Waals surface area contributed by atoms with Crippen molar-refractivity contribution in [2.24, 2.45) is 0 Å². The summed E-state index contributed by atoms with van der Waals surface area (Å²) in [6.45, 7) is 2.92. The number of carbonyl (C=O) groups excluding carboxylic acids is 1. The summed E-state index contributed by atoms with van der Waals surface area (Å²) >= 11 is 6.04. The van der Waals surface area contributed by atoms with E-state index in [1.807, 2.05) is 37.4 Å². The van der Waals surface area contributed by atoms with Crippen LogP contribution in [-0.4, -0.2) is 54.3 Å². The highest BCUT2D eigenvalue weighted by atomic mass is 35.5. The van der Waals surface area contributed by atoms with Gasteiger partial charge in [0.15, 0.2) is 5.43 Å². The van der Waals surface area contributed by atoms with Crippen LogP contribution in [0.15, 0.2) is 59.5 Å². The molecule has 0 bridgehead atoms. The van der Waals surface area contributed by atoms with Crippen molar-refractivity contribution >= 4 is 28.6 Å². The summed E-state index contributed by atoms with van der Waals surface area (Å²) < 4.78 is 0. The van der Waals surface area contributed by atoms with E-state index in [9.17, 15) is 9.59 Å². The zero-order chi connectivity index (χ0) is 21.1. The van der Waals surface area contributed by atoms with Gasteiger partial charge in [-0.05, 0) is 30.8 Å². The summed E-state index contributed by atoms with van der Waals surface area (Å²) in [6.07, 6.45) is 1.03. The molecule has 1 atom stereocenters. The maximum atomic E-state index is 13.2. The smallest absolute Gasteiger partial charge is 0.361 e. The normalized spacial score (nSPS) is 16.3. The second-order valence-corrected chi connectivity index (χ2v) is 7.80. The first-order chi connectivity index (χ1) is 14.5. The van der Waals surface area contributed by atoms with Gasteiger partial charge in [0, 0.05) is 48.3 Å². The molecule has 1 unspecified atom stereocenters. The molecule has 30 heavy (non-hydrogen) atoms. The second kappa shape index (κ2) is 8.87. The van der Waals surface area contributed by atoms with Crippen LogP contribution in [0.4, 0.5) is 4.79 Å². The maximum Gasteiger partial charge on any atom is 0.427 e. The fourth-order valence-electron chi connectivity index (χ4n) is 3.55. The lowest BCUT2D eigenvalue weighted by atomic mass is 9.98. The minimum absolute atomic E-state index is 0.172. The van der Waals surface area contributed by atoms with Crippen LogP contribution in [0, 0.1) is 0 Å². The molecule has 1 fully saturated rings. The number of nitrogens with one attached hydrogen (secondary N) is 2. The third kappa shape index (κ3) is 4.48. The molecule has 1 saturated heterocycles. The van der Waals surface area contributed by atoms with E-state index in [-0.39, 0.29) is 5.43 Å². The molecular weight excluding hydrogens is 404 g/mol. The van der Waals surface area contributed by atoms with Crippen molar-refractivity contribution in [1.82, 2.24) is 20.3 Å². The molecule has 1 amide bonds. The van der Waals surface area contributed by atoms with Crippen molar-refractivity contribution in [3.63, 3.8) is 0 Å². The van der Waals surface area contributed by atoms with Crippen molar-refractivity contribution < 1.29 is 9.63 Å². The molecule has 0 saturated carbocycles. The number of halogens is 1. The van der Waals surface area contributed by atoms with Gasteiger partial charge in [-0.3, -0.25) is 4.79 Å². The first-order valence-corrected chi connectivity index (χ1v) is 10.2. The van der Waals surface area contributed by atoms with Gasteiger partial charge < -0.3 is 20.0 Å². The number of carbonyl (C=O) groups is 1. The molecule has 156 valence electrons. The molecule has 0 spiro atoms. The summed E-state index contributed by atoms with van der Waals surface area (Å²) in [5.74, 6) is 0. The van der Waals surface area contributed by atoms with E-state index in [2.05, 4.69) is 15.2 Å². The predicted molar refractivity (Wildman–Crippen MR) is 117 cm³/mol. The molecule has 3 aromatic rings. The predicted octanol–water partition coefficient (Wildman–Crippen LogP) is 3.16. The Morgan fingerprint density at radius 2 is 1.87 bits per heavy atom. The monoisotopic (exact) mass is 426 g/mol. The number of pyridine rings is 1. The number of H-pyrrole nitrogens is 1. The van der Waals surface area contributed by atoms with Crippen LogP contribution in [0.2, 0.25) is 5.02 Å². The molecule has 7 nitrogen and oxygen atoms in total. The molecule has 1 aromatic heterocycles. The Balaban J connectivity index is 1.63. The molecule has 1 aliphatic rings. The number of hydrogen-bond donors (Lipinski definition) is 2. The number of benzene rings is 2. The van der Waals surface area contributed by atoms with Gasteiger partial charge >= 0.3 is 6.09 Å². The molecule has 4 rings (SSSR count). The van der Waals surface area contributed by atoms with Crippen molar-refractivity contribution in [1.29, 1.82) is 0 Å². The molecule has 2 heterocycles. The minimum atomic E-state index is -0.657. The Bertz CT molecular complexity index is 1090. The molecular formula is C22H23ClN4O3. The van der Waals surface area contributed by atoms with Gasteiger partial charge in [0.1, 0.15) is 0 Å². The highest BCUT2D eigenvalue weighted by Gasteiger charge is 2.24. The highest BCUT2D eigenvalue weighted by molar-refractivity contribution is 6.31. The van der Waals surface area contributed by atoms with E-state index in [1.54, 1.807) is 29.5 Å². The van der Waals surface area contributed by atoms with E-state index < -0.39 is 12.1 Å². The zero-order valence-corrected chi connectivity index (χ0v) is 17.4. The highest BCUT2D eigenvalue weighted by Crippen LogP contribution is 2.22. The van der Waals surface area contributed by atoms with Crippen LogP contribution in [0.1, 0.15) is 17.2 Å². The van der Waals surface area contributed by atoms with Gasteiger partial charge in [-0.25, -0.2) is 4.79 Å². The first-order valence-electron chi connectivity index (χ1n) is 9.79. The topological polar surface area (TPSA) is 77.7 Å². The van der Waals surface area contributed by atoms with Crippen LogP contribution in [-0.2, 0) is 4.84 Å². The van der Waals surface area contributed by atoms with E-state index in [1.165, 1.54) is 0 Å². The summed E-state index contributed by atoms with van der Waals surface area (Å²) in [5.41, 5.74) is 1.68. The number of hydroxylamine groups is 2. The van der Waals surface area contributed by atoms with Gasteiger partial charge in [-0.1, -0.05) is 41.9 Å². The maximum absolute atomic E-state index is 13.2. The summed E-state index contributed by atoms with van der Waals surface area (Å²) in [7, 11) is 2.03. The van der Waals surface area contributed by atoms with Crippen molar-refractivity contribution in [2.45, 2.75) is 6.04 Å². The zero-order valence-electron chi connectivity index (χ0n) is 16.6. The van der Waals surface area contributed by atoms with Crippen molar-refractivity contribution in [2.75, 3.05) is 33.2 Å². The van der Waals surface area contributed by atoms with Gasteiger partial charge in [0.05, 0.1) is 11.6 Å². The van der Waals surface area contributed by atoms with Crippen LogP contribution in [0.25, 0.3) is 10.9 Å². The number of aromatic nitrogens is 1. The SMILES string of the molecule is CN1CCN(OC(=O)NC(c2ccccc2)c2c[nH]c3cc(Cl)ccc3c2=O)CC1. The first kappa shape index (κ1) is 20.4. The third-order valence-electron chi connectivity index (χ3n) is 5.25. The lowest BCUT2D eigenvalue weighted by Gasteiger charge is -2.31. The van der Waals surface area contributed by atoms with E-state index >= 15 is 0 Å². The summed E-state index contributed by atoms with van der Waals surface area (Å²) in [5, 5.41) is 5.55. The van der Waals surface area contributed by atoms with Gasteiger partial charge in [0.25, 0.3) is 0 Å². The summed E-state index contributed by atoms with van der Waals surface area (Å²) in [4.78, 5) is 36.6. The quantitative estimate of drug-likeness (QED) is 0.670. The molecule has 0 aliphatic carbocycles.